The summed E-state index contributed by atoms with van der Waals surface area (Å²) in [7, 11) is 1.83. The summed E-state index contributed by atoms with van der Waals surface area (Å²) < 4.78 is 1.71. The van der Waals surface area contributed by atoms with E-state index in [1.807, 2.05) is 50.5 Å². The molecule has 3 aromatic rings. The van der Waals surface area contributed by atoms with Crippen LogP contribution in [0.25, 0.3) is 10.9 Å². The van der Waals surface area contributed by atoms with Crippen LogP contribution in [0.2, 0.25) is 0 Å². The Hall–Kier alpha value is -2.31. The van der Waals surface area contributed by atoms with Gasteiger partial charge in [0.05, 0.1) is 6.04 Å². The van der Waals surface area contributed by atoms with Crippen LogP contribution in [-0.2, 0) is 18.3 Å². The maximum absolute atomic E-state index is 12.2. The van der Waals surface area contributed by atoms with Crippen LogP contribution in [0.15, 0.2) is 36.5 Å². The standard InChI is InChI=1S/C16H19N5O.ClH/c1-10-7-15(20-21(10)2)19-16(22)13(17)8-11-9-18-14-6-4-3-5-12(11)14;/h3-7,9,13,18H,8,17H2,1-2H3,(H,19,20,22);1H/t13-;/m0./s1. The van der Waals surface area contributed by atoms with E-state index in [4.69, 9.17) is 5.73 Å². The minimum absolute atomic E-state index is 0. The third-order valence-electron chi connectivity index (χ3n) is 3.82. The number of anilines is 1. The van der Waals surface area contributed by atoms with Gasteiger partial charge in [-0.15, -0.1) is 12.4 Å². The number of carbonyl (C=O) groups excluding carboxylic acids is 1. The van der Waals surface area contributed by atoms with Crippen molar-refractivity contribution in [1.82, 2.24) is 14.8 Å². The van der Waals surface area contributed by atoms with Crippen molar-refractivity contribution in [2.75, 3.05) is 5.32 Å². The predicted molar refractivity (Wildman–Crippen MR) is 93.8 cm³/mol. The molecule has 0 aliphatic heterocycles. The molecule has 0 saturated carbocycles. The van der Waals surface area contributed by atoms with E-state index in [0.29, 0.717) is 12.2 Å². The van der Waals surface area contributed by atoms with Gasteiger partial charge < -0.3 is 16.0 Å². The molecule has 1 amide bonds. The SMILES string of the molecule is Cc1cc(NC(=O)[C@@H](N)Cc2c[nH]c3ccccc23)nn1C.Cl. The van der Waals surface area contributed by atoms with Crippen molar-refractivity contribution in [3.63, 3.8) is 0 Å². The Labute approximate surface area is 140 Å². The summed E-state index contributed by atoms with van der Waals surface area (Å²) in [5.74, 6) is 0.294. The third kappa shape index (κ3) is 3.55. The van der Waals surface area contributed by atoms with Gasteiger partial charge in [0.25, 0.3) is 0 Å². The number of nitrogens with one attached hydrogen (secondary N) is 2. The molecule has 0 fully saturated rings. The Morgan fingerprint density at radius 2 is 2.17 bits per heavy atom. The van der Waals surface area contributed by atoms with Crippen LogP contribution in [0.3, 0.4) is 0 Å². The van der Waals surface area contributed by atoms with Crippen LogP contribution >= 0.6 is 12.4 Å². The lowest BCUT2D eigenvalue weighted by atomic mass is 10.1. The van der Waals surface area contributed by atoms with Crippen LogP contribution in [0.5, 0.6) is 0 Å². The summed E-state index contributed by atoms with van der Waals surface area (Å²) in [6, 6.07) is 9.16. The zero-order valence-electron chi connectivity index (χ0n) is 13.0. The van der Waals surface area contributed by atoms with Gasteiger partial charge in [-0.25, -0.2) is 0 Å². The topological polar surface area (TPSA) is 88.7 Å². The van der Waals surface area contributed by atoms with Crippen molar-refractivity contribution >= 4 is 35.0 Å². The number of fused-ring (bicyclic) bond motifs is 1. The Balaban J connectivity index is 0.00000192. The molecule has 0 aliphatic rings. The zero-order valence-corrected chi connectivity index (χ0v) is 13.9. The van der Waals surface area contributed by atoms with Crippen molar-refractivity contribution in [3.8, 4) is 0 Å². The van der Waals surface area contributed by atoms with Crippen molar-refractivity contribution < 1.29 is 4.79 Å². The van der Waals surface area contributed by atoms with Crippen molar-refractivity contribution in [3.05, 3.63) is 47.8 Å². The monoisotopic (exact) mass is 333 g/mol. The van der Waals surface area contributed by atoms with Crippen LogP contribution in [0.4, 0.5) is 5.82 Å². The van der Waals surface area contributed by atoms with Gasteiger partial charge in [0.15, 0.2) is 5.82 Å². The average molecular weight is 334 g/mol. The predicted octanol–water partition coefficient (Wildman–Crippen LogP) is 2.14. The number of nitrogens with zero attached hydrogens (tertiary/aromatic N) is 2. The van der Waals surface area contributed by atoms with Gasteiger partial charge in [0.1, 0.15) is 0 Å². The van der Waals surface area contributed by atoms with E-state index in [0.717, 1.165) is 22.2 Å². The molecule has 3 rings (SSSR count). The summed E-state index contributed by atoms with van der Waals surface area (Å²) in [5.41, 5.74) is 9.09. The highest BCUT2D eigenvalue weighted by Gasteiger charge is 2.17. The van der Waals surface area contributed by atoms with E-state index >= 15 is 0 Å². The average Bonchev–Trinajstić information content (AvgIpc) is 3.03. The Morgan fingerprint density at radius 1 is 1.43 bits per heavy atom. The normalized spacial score (nSPS) is 12.0. The number of aryl methyl sites for hydroxylation is 2. The fourth-order valence-electron chi connectivity index (χ4n) is 2.47. The number of aromatic amines is 1. The lowest BCUT2D eigenvalue weighted by Crippen LogP contribution is -2.37. The Kier molecular flexibility index (Phi) is 5.08. The molecule has 4 N–H and O–H groups in total. The second-order valence-corrected chi connectivity index (χ2v) is 5.45. The second kappa shape index (κ2) is 6.85. The minimum atomic E-state index is -0.624. The lowest BCUT2D eigenvalue weighted by molar-refractivity contribution is -0.117. The summed E-state index contributed by atoms with van der Waals surface area (Å²) in [5, 5.41) is 8.06. The molecule has 0 bridgehead atoms. The van der Waals surface area contributed by atoms with E-state index in [1.165, 1.54) is 0 Å². The zero-order chi connectivity index (χ0) is 15.7. The van der Waals surface area contributed by atoms with Gasteiger partial charge in [0.2, 0.25) is 5.91 Å². The highest BCUT2D eigenvalue weighted by molar-refractivity contribution is 5.94. The number of H-pyrrole nitrogens is 1. The van der Waals surface area contributed by atoms with E-state index in [1.54, 1.807) is 4.68 Å². The highest BCUT2D eigenvalue weighted by Crippen LogP contribution is 2.19. The maximum Gasteiger partial charge on any atom is 0.242 e. The first-order chi connectivity index (χ1) is 10.5. The summed E-state index contributed by atoms with van der Waals surface area (Å²) in [6.07, 6.45) is 2.38. The number of nitrogens with two attached hydrogens (primary N) is 1. The van der Waals surface area contributed by atoms with Crippen molar-refractivity contribution in [2.24, 2.45) is 12.8 Å². The van der Waals surface area contributed by atoms with Crippen LogP contribution in [0, 0.1) is 6.92 Å². The van der Waals surface area contributed by atoms with Gasteiger partial charge >= 0.3 is 0 Å². The largest absolute Gasteiger partial charge is 0.361 e. The molecule has 0 unspecified atom stereocenters. The number of hydrogen-bond donors (Lipinski definition) is 3. The van der Waals surface area contributed by atoms with Gasteiger partial charge in [-0.3, -0.25) is 9.48 Å². The molecular weight excluding hydrogens is 314 g/mol. The quantitative estimate of drug-likeness (QED) is 0.683. The van der Waals surface area contributed by atoms with Crippen LogP contribution < -0.4 is 11.1 Å². The summed E-state index contributed by atoms with van der Waals surface area (Å²) in [4.78, 5) is 15.4. The summed E-state index contributed by atoms with van der Waals surface area (Å²) in [6.45, 7) is 1.93. The number of amides is 1. The molecule has 7 heteroatoms. The molecule has 6 nitrogen and oxygen atoms in total. The number of rotatable bonds is 4. The Bertz CT molecular complexity index is 803. The third-order valence-corrected chi connectivity index (χ3v) is 3.82. The van der Waals surface area contributed by atoms with E-state index in [2.05, 4.69) is 15.4 Å². The molecular formula is C16H20ClN5O. The van der Waals surface area contributed by atoms with Gasteiger partial charge in [-0.05, 0) is 25.0 Å². The van der Waals surface area contributed by atoms with Gasteiger partial charge in [0, 0.05) is 35.9 Å². The molecule has 2 aromatic heterocycles. The molecule has 1 atom stereocenters. The molecule has 0 spiro atoms. The Morgan fingerprint density at radius 3 is 2.87 bits per heavy atom. The lowest BCUT2D eigenvalue weighted by Gasteiger charge is -2.10. The number of hydrogen-bond acceptors (Lipinski definition) is 3. The number of para-hydroxylation sites is 1. The van der Waals surface area contributed by atoms with E-state index < -0.39 is 6.04 Å². The van der Waals surface area contributed by atoms with E-state index in [-0.39, 0.29) is 18.3 Å². The second-order valence-electron chi connectivity index (χ2n) is 5.45. The summed E-state index contributed by atoms with van der Waals surface area (Å²) >= 11 is 0. The number of carbonyl (C=O) groups is 1. The van der Waals surface area contributed by atoms with Crippen LogP contribution in [-0.4, -0.2) is 26.7 Å². The van der Waals surface area contributed by atoms with Gasteiger partial charge in [-0.1, -0.05) is 18.2 Å². The first-order valence-corrected chi connectivity index (χ1v) is 7.16. The number of halogens is 1. The molecule has 2 heterocycles. The smallest absolute Gasteiger partial charge is 0.242 e. The molecule has 0 radical (unpaired) electrons. The number of benzene rings is 1. The minimum Gasteiger partial charge on any atom is -0.361 e. The molecule has 122 valence electrons. The highest BCUT2D eigenvalue weighted by atomic mass is 35.5. The number of aromatic nitrogens is 3. The fourth-order valence-corrected chi connectivity index (χ4v) is 2.47. The van der Waals surface area contributed by atoms with Gasteiger partial charge in [-0.2, -0.15) is 5.10 Å². The fraction of sp³-hybridized carbons (Fsp3) is 0.250. The molecule has 0 saturated heterocycles. The van der Waals surface area contributed by atoms with Crippen molar-refractivity contribution in [2.45, 2.75) is 19.4 Å². The molecule has 1 aromatic carbocycles. The van der Waals surface area contributed by atoms with Crippen molar-refractivity contribution in [1.29, 1.82) is 0 Å². The first kappa shape index (κ1) is 17.1. The van der Waals surface area contributed by atoms with E-state index in [9.17, 15) is 4.79 Å². The van der Waals surface area contributed by atoms with Crippen LogP contribution in [0.1, 0.15) is 11.3 Å². The first-order valence-electron chi connectivity index (χ1n) is 7.16. The molecule has 0 aliphatic carbocycles. The molecule has 23 heavy (non-hydrogen) atoms. The maximum atomic E-state index is 12.2.